The third-order valence-electron chi connectivity index (χ3n) is 4.17. The van der Waals surface area contributed by atoms with Crippen LogP contribution in [0.1, 0.15) is 17.5 Å². The van der Waals surface area contributed by atoms with E-state index in [1.165, 1.54) is 0 Å². The minimum atomic E-state index is -0.174. The van der Waals surface area contributed by atoms with E-state index in [-0.39, 0.29) is 12.1 Å². The van der Waals surface area contributed by atoms with Crippen LogP contribution in [0.25, 0.3) is 0 Å². The third kappa shape index (κ3) is 4.51. The summed E-state index contributed by atoms with van der Waals surface area (Å²) >= 11 is 0. The van der Waals surface area contributed by atoms with Crippen LogP contribution in [-0.4, -0.2) is 35.8 Å². The van der Waals surface area contributed by atoms with Gasteiger partial charge in [-0.2, -0.15) is 0 Å². The number of carbonyl (C=O) groups is 1. The summed E-state index contributed by atoms with van der Waals surface area (Å²) in [7, 11) is 0. The maximum Gasteiger partial charge on any atom is 0.322 e. The SMILES string of the molecule is C=CCN(CC1CC(c2ccccc2)=NO1)C(=O)Nc1cccc(C)c1. The smallest absolute Gasteiger partial charge is 0.322 e. The van der Waals surface area contributed by atoms with E-state index in [1.807, 2.05) is 61.5 Å². The average molecular weight is 349 g/mol. The molecule has 2 aromatic carbocycles. The summed E-state index contributed by atoms with van der Waals surface area (Å²) < 4.78 is 0. The number of amides is 2. The van der Waals surface area contributed by atoms with Crippen LogP contribution in [0.2, 0.25) is 0 Å². The van der Waals surface area contributed by atoms with Gasteiger partial charge in [-0.3, -0.25) is 0 Å². The van der Waals surface area contributed by atoms with Gasteiger partial charge in [0.1, 0.15) is 0 Å². The minimum Gasteiger partial charge on any atom is -0.390 e. The van der Waals surface area contributed by atoms with E-state index in [0.29, 0.717) is 19.5 Å². The molecule has 1 unspecified atom stereocenters. The lowest BCUT2D eigenvalue weighted by Crippen LogP contribution is -2.40. The van der Waals surface area contributed by atoms with Crippen LogP contribution in [0, 0.1) is 6.92 Å². The third-order valence-corrected chi connectivity index (χ3v) is 4.17. The molecule has 1 aliphatic rings. The van der Waals surface area contributed by atoms with Crippen molar-refractivity contribution in [2.45, 2.75) is 19.4 Å². The van der Waals surface area contributed by atoms with E-state index in [4.69, 9.17) is 4.84 Å². The van der Waals surface area contributed by atoms with Crippen molar-refractivity contribution in [3.8, 4) is 0 Å². The summed E-state index contributed by atoms with van der Waals surface area (Å²) in [5.41, 5.74) is 3.83. The Hall–Kier alpha value is -3.08. The van der Waals surface area contributed by atoms with E-state index >= 15 is 0 Å². The Morgan fingerprint density at radius 3 is 2.85 bits per heavy atom. The van der Waals surface area contributed by atoms with Crippen LogP contribution < -0.4 is 5.32 Å². The van der Waals surface area contributed by atoms with Gasteiger partial charge in [-0.05, 0) is 30.2 Å². The van der Waals surface area contributed by atoms with Crippen LogP contribution in [0.5, 0.6) is 0 Å². The lowest BCUT2D eigenvalue weighted by Gasteiger charge is -2.24. The molecule has 2 aromatic rings. The fourth-order valence-electron chi connectivity index (χ4n) is 2.89. The molecule has 0 aliphatic carbocycles. The molecule has 1 heterocycles. The number of nitrogens with one attached hydrogen (secondary N) is 1. The molecule has 1 aliphatic heterocycles. The lowest BCUT2D eigenvalue weighted by molar-refractivity contribution is 0.0645. The highest BCUT2D eigenvalue weighted by Gasteiger charge is 2.26. The Morgan fingerprint density at radius 2 is 2.12 bits per heavy atom. The van der Waals surface area contributed by atoms with Gasteiger partial charge in [-0.15, -0.1) is 6.58 Å². The first-order valence-electron chi connectivity index (χ1n) is 8.67. The standard InChI is InChI=1S/C21H23N3O2/c1-3-12-24(21(25)22-18-11-7-8-16(2)13-18)15-19-14-20(23-26-19)17-9-5-4-6-10-17/h3-11,13,19H,1,12,14-15H2,2H3,(H,22,25). The summed E-state index contributed by atoms with van der Waals surface area (Å²) in [5, 5.41) is 7.12. The van der Waals surface area contributed by atoms with E-state index in [9.17, 15) is 4.79 Å². The molecule has 0 radical (unpaired) electrons. The molecule has 0 saturated heterocycles. The number of hydrogen-bond acceptors (Lipinski definition) is 3. The number of carbonyl (C=O) groups excluding carboxylic acids is 1. The molecule has 0 spiro atoms. The first-order chi connectivity index (χ1) is 12.7. The molecule has 0 saturated carbocycles. The van der Waals surface area contributed by atoms with Crippen LogP contribution >= 0.6 is 0 Å². The van der Waals surface area contributed by atoms with Crippen molar-refractivity contribution in [3.63, 3.8) is 0 Å². The zero-order valence-electron chi connectivity index (χ0n) is 14.9. The summed E-state index contributed by atoms with van der Waals surface area (Å²) in [6.07, 6.45) is 2.23. The van der Waals surface area contributed by atoms with E-state index in [1.54, 1.807) is 11.0 Å². The predicted octanol–water partition coefficient (Wildman–Crippen LogP) is 4.21. The van der Waals surface area contributed by atoms with Gasteiger partial charge in [-0.1, -0.05) is 53.7 Å². The summed E-state index contributed by atoms with van der Waals surface area (Å²) in [4.78, 5) is 19.9. The quantitative estimate of drug-likeness (QED) is 0.794. The molecule has 0 fully saturated rings. The van der Waals surface area contributed by atoms with Gasteiger partial charge in [-0.25, -0.2) is 4.79 Å². The Morgan fingerprint density at radius 1 is 1.31 bits per heavy atom. The molecule has 134 valence electrons. The Balaban J connectivity index is 1.60. The normalized spacial score (nSPS) is 15.7. The van der Waals surface area contributed by atoms with Crippen molar-refractivity contribution < 1.29 is 9.63 Å². The highest BCUT2D eigenvalue weighted by molar-refractivity contribution is 6.01. The van der Waals surface area contributed by atoms with E-state index in [0.717, 1.165) is 22.5 Å². The van der Waals surface area contributed by atoms with E-state index in [2.05, 4.69) is 17.1 Å². The van der Waals surface area contributed by atoms with Crippen LogP contribution in [0.4, 0.5) is 10.5 Å². The molecule has 5 nitrogen and oxygen atoms in total. The van der Waals surface area contributed by atoms with Gasteiger partial charge >= 0.3 is 6.03 Å². The maximum absolute atomic E-state index is 12.6. The zero-order chi connectivity index (χ0) is 18.4. The van der Waals surface area contributed by atoms with Gasteiger partial charge < -0.3 is 15.1 Å². The molecule has 5 heteroatoms. The Kier molecular flexibility index (Phi) is 5.69. The fourth-order valence-corrected chi connectivity index (χ4v) is 2.89. The molecule has 0 bridgehead atoms. The summed E-state index contributed by atoms with van der Waals surface area (Å²) in [6.45, 7) is 6.63. The number of urea groups is 1. The largest absolute Gasteiger partial charge is 0.390 e. The molecular weight excluding hydrogens is 326 g/mol. The molecule has 1 N–H and O–H groups in total. The monoisotopic (exact) mass is 349 g/mol. The van der Waals surface area contributed by atoms with Crippen LogP contribution in [0.3, 0.4) is 0 Å². The number of hydrogen-bond donors (Lipinski definition) is 1. The molecule has 2 amide bonds. The van der Waals surface area contributed by atoms with Gasteiger partial charge in [0.15, 0.2) is 6.10 Å². The number of benzene rings is 2. The predicted molar refractivity (Wildman–Crippen MR) is 104 cm³/mol. The molecule has 26 heavy (non-hydrogen) atoms. The Bertz CT molecular complexity index is 802. The van der Waals surface area contributed by atoms with Crippen molar-refractivity contribution in [1.29, 1.82) is 0 Å². The number of rotatable bonds is 6. The number of anilines is 1. The highest BCUT2D eigenvalue weighted by atomic mass is 16.6. The van der Waals surface area contributed by atoms with Crippen LogP contribution in [0.15, 0.2) is 72.4 Å². The number of aryl methyl sites for hydroxylation is 1. The van der Waals surface area contributed by atoms with Gasteiger partial charge in [0.25, 0.3) is 0 Å². The van der Waals surface area contributed by atoms with E-state index < -0.39 is 0 Å². The topological polar surface area (TPSA) is 53.9 Å². The second-order valence-corrected chi connectivity index (χ2v) is 6.33. The fraction of sp³-hybridized carbons (Fsp3) is 0.238. The minimum absolute atomic E-state index is 0.159. The van der Waals surface area contributed by atoms with Crippen molar-refractivity contribution >= 4 is 17.4 Å². The number of oxime groups is 1. The molecule has 1 atom stereocenters. The van der Waals surface area contributed by atoms with Gasteiger partial charge in [0, 0.05) is 18.7 Å². The first-order valence-corrected chi connectivity index (χ1v) is 8.67. The van der Waals surface area contributed by atoms with Gasteiger partial charge in [0.2, 0.25) is 0 Å². The van der Waals surface area contributed by atoms with Gasteiger partial charge in [0.05, 0.1) is 12.3 Å². The van der Waals surface area contributed by atoms with Crippen molar-refractivity contribution in [1.82, 2.24) is 4.90 Å². The summed E-state index contributed by atoms with van der Waals surface area (Å²) in [5.74, 6) is 0. The molecule has 3 rings (SSSR count). The maximum atomic E-state index is 12.6. The summed E-state index contributed by atoms with van der Waals surface area (Å²) in [6, 6.07) is 17.5. The van der Waals surface area contributed by atoms with Crippen molar-refractivity contribution in [2.75, 3.05) is 18.4 Å². The second-order valence-electron chi connectivity index (χ2n) is 6.33. The molecular formula is C21H23N3O2. The average Bonchev–Trinajstić information content (AvgIpc) is 3.11. The van der Waals surface area contributed by atoms with Crippen LogP contribution in [-0.2, 0) is 4.84 Å². The highest BCUT2D eigenvalue weighted by Crippen LogP contribution is 2.18. The zero-order valence-corrected chi connectivity index (χ0v) is 14.9. The first kappa shape index (κ1) is 17.7. The Labute approximate surface area is 154 Å². The van der Waals surface area contributed by atoms with Crippen molar-refractivity contribution in [2.24, 2.45) is 5.16 Å². The second kappa shape index (κ2) is 8.34. The molecule has 0 aromatic heterocycles. The number of nitrogens with zero attached hydrogens (tertiary/aromatic N) is 2. The lowest BCUT2D eigenvalue weighted by atomic mass is 10.1. The van der Waals surface area contributed by atoms with Crippen molar-refractivity contribution in [3.05, 3.63) is 78.4 Å².